The molecule has 6 nitrogen and oxygen atoms in total. The number of hydrogen-bond donors (Lipinski definition) is 1. The molecule has 5 aromatic rings. The molecule has 1 N–H and O–H groups in total. The van der Waals surface area contributed by atoms with Gasteiger partial charge in [-0.25, -0.2) is 15.0 Å². The maximum atomic E-state index is 4.57. The first kappa shape index (κ1) is 16.8. The predicted octanol–water partition coefficient (Wildman–Crippen LogP) is 4.57. The highest BCUT2D eigenvalue weighted by Crippen LogP contribution is 2.30. The van der Waals surface area contributed by atoms with Crippen molar-refractivity contribution in [2.24, 2.45) is 0 Å². The van der Waals surface area contributed by atoms with E-state index in [-0.39, 0.29) is 0 Å². The summed E-state index contributed by atoms with van der Waals surface area (Å²) in [5.74, 6) is 0.905. The molecule has 138 valence electrons. The molecule has 0 radical (unpaired) electrons. The van der Waals surface area contributed by atoms with Crippen molar-refractivity contribution in [1.82, 2.24) is 25.1 Å². The molecule has 0 spiro atoms. The fourth-order valence-electron chi connectivity index (χ4n) is 3.45. The fraction of sp³-hybridized carbons (Fsp3) is 0.143. The van der Waals surface area contributed by atoms with Gasteiger partial charge in [0.05, 0.1) is 34.5 Å². The van der Waals surface area contributed by atoms with Crippen molar-refractivity contribution in [2.45, 2.75) is 13.5 Å². The van der Waals surface area contributed by atoms with Crippen LogP contribution in [0, 0.1) is 6.92 Å². The van der Waals surface area contributed by atoms with Crippen LogP contribution in [-0.2, 0) is 6.54 Å². The van der Waals surface area contributed by atoms with Gasteiger partial charge in [0.1, 0.15) is 12.1 Å². The Morgan fingerprint density at radius 3 is 2.79 bits per heavy atom. The van der Waals surface area contributed by atoms with Crippen LogP contribution in [0.1, 0.15) is 10.7 Å². The number of aromatic nitrogens is 5. The average Bonchev–Trinajstić information content (AvgIpc) is 3.35. The number of nitrogens with one attached hydrogen (secondary N) is 1. The smallest absolute Gasteiger partial charge is 0.139 e. The summed E-state index contributed by atoms with van der Waals surface area (Å²) in [6.45, 7) is 2.74. The molecule has 0 aliphatic rings. The molecule has 2 aromatic carbocycles. The molecule has 5 rings (SSSR count). The number of aryl methyl sites for hydroxylation is 1. The van der Waals surface area contributed by atoms with E-state index < -0.39 is 0 Å². The van der Waals surface area contributed by atoms with Crippen molar-refractivity contribution in [3.05, 3.63) is 65.0 Å². The third kappa shape index (κ3) is 2.99. The van der Waals surface area contributed by atoms with Gasteiger partial charge in [-0.1, -0.05) is 12.1 Å². The van der Waals surface area contributed by atoms with Crippen LogP contribution in [0.15, 0.2) is 54.3 Å². The largest absolute Gasteiger partial charge is 0.353 e. The van der Waals surface area contributed by atoms with E-state index in [0.29, 0.717) is 6.54 Å². The van der Waals surface area contributed by atoms with E-state index in [1.165, 1.54) is 0 Å². The van der Waals surface area contributed by atoms with E-state index >= 15 is 0 Å². The van der Waals surface area contributed by atoms with Crippen LogP contribution in [-0.4, -0.2) is 32.2 Å². The lowest BCUT2D eigenvalue weighted by Crippen LogP contribution is -2.18. The fourth-order valence-corrected chi connectivity index (χ4v) is 4.05. The second-order valence-corrected chi connectivity index (χ2v) is 7.88. The zero-order chi connectivity index (χ0) is 19.1. The van der Waals surface area contributed by atoms with Crippen molar-refractivity contribution >= 4 is 39.0 Å². The molecule has 0 atom stereocenters. The van der Waals surface area contributed by atoms with E-state index in [4.69, 9.17) is 0 Å². The molecule has 0 aliphatic heterocycles. The normalized spacial score (nSPS) is 11.4. The van der Waals surface area contributed by atoms with Gasteiger partial charge in [0.2, 0.25) is 0 Å². The quantitative estimate of drug-likeness (QED) is 0.490. The Hall–Kier alpha value is -3.32. The minimum absolute atomic E-state index is 0.710. The molecule has 0 saturated carbocycles. The van der Waals surface area contributed by atoms with E-state index in [1.807, 2.05) is 20.2 Å². The minimum Gasteiger partial charge on any atom is -0.353 e. The third-order valence-corrected chi connectivity index (χ3v) is 5.64. The van der Waals surface area contributed by atoms with E-state index in [2.05, 4.69) is 71.8 Å². The van der Waals surface area contributed by atoms with E-state index in [1.54, 1.807) is 17.7 Å². The Morgan fingerprint density at radius 1 is 1.07 bits per heavy atom. The first-order valence-corrected chi connectivity index (χ1v) is 9.86. The van der Waals surface area contributed by atoms with Crippen LogP contribution in [0.25, 0.3) is 32.9 Å². The summed E-state index contributed by atoms with van der Waals surface area (Å²) in [5, 5.41) is 12.4. The van der Waals surface area contributed by atoms with Gasteiger partial charge in [0, 0.05) is 23.2 Å². The lowest BCUT2D eigenvalue weighted by Gasteiger charge is -2.19. The Labute approximate surface area is 165 Å². The first-order chi connectivity index (χ1) is 13.7. The number of fused-ring (bicyclic) bond motifs is 2. The molecule has 3 heterocycles. The maximum Gasteiger partial charge on any atom is 0.139 e. The summed E-state index contributed by atoms with van der Waals surface area (Å²) >= 11 is 1.67. The third-order valence-electron chi connectivity index (χ3n) is 4.82. The number of thiazole rings is 1. The summed E-state index contributed by atoms with van der Waals surface area (Å²) < 4.78 is 0. The van der Waals surface area contributed by atoms with Crippen LogP contribution < -0.4 is 4.90 Å². The highest BCUT2D eigenvalue weighted by molar-refractivity contribution is 7.09. The SMILES string of the molecule is Cc1nc(CN(C)c2ncnc3ccc(-c4ccc5[nH]ncc5c4)cc23)cs1. The van der Waals surface area contributed by atoms with Crippen molar-refractivity contribution in [3.63, 3.8) is 0 Å². The van der Waals surface area contributed by atoms with Gasteiger partial charge < -0.3 is 4.90 Å². The molecule has 28 heavy (non-hydrogen) atoms. The highest BCUT2D eigenvalue weighted by Gasteiger charge is 2.12. The van der Waals surface area contributed by atoms with Gasteiger partial charge in [-0.15, -0.1) is 11.3 Å². The molecule has 0 fully saturated rings. The van der Waals surface area contributed by atoms with Crippen LogP contribution in [0.2, 0.25) is 0 Å². The lowest BCUT2D eigenvalue weighted by molar-refractivity contribution is 0.872. The number of nitrogens with zero attached hydrogens (tertiary/aromatic N) is 5. The molecule has 0 amide bonds. The van der Waals surface area contributed by atoms with Gasteiger partial charge in [-0.2, -0.15) is 5.10 Å². The van der Waals surface area contributed by atoms with Crippen molar-refractivity contribution in [2.75, 3.05) is 11.9 Å². The van der Waals surface area contributed by atoms with Gasteiger partial charge >= 0.3 is 0 Å². The first-order valence-electron chi connectivity index (χ1n) is 8.98. The van der Waals surface area contributed by atoms with E-state index in [0.717, 1.165) is 49.5 Å². The molecule has 0 bridgehead atoms. The van der Waals surface area contributed by atoms with Crippen molar-refractivity contribution < 1.29 is 0 Å². The number of aromatic amines is 1. The molecule has 7 heteroatoms. The van der Waals surface area contributed by atoms with Crippen LogP contribution in [0.4, 0.5) is 5.82 Å². The van der Waals surface area contributed by atoms with Gasteiger partial charge in [-0.3, -0.25) is 5.10 Å². The standard InChI is InChI=1S/C21H18N6S/c1-13-25-17(11-28-13)10-27(2)21-18-8-15(4-6-20(18)22-12-23-21)14-3-5-19-16(7-14)9-24-26-19/h3-9,11-12H,10H2,1-2H3,(H,24,26). The summed E-state index contributed by atoms with van der Waals surface area (Å²) in [4.78, 5) is 15.7. The summed E-state index contributed by atoms with van der Waals surface area (Å²) in [5.41, 5.74) is 5.29. The monoisotopic (exact) mass is 386 g/mol. The second kappa shape index (κ2) is 6.69. The Morgan fingerprint density at radius 2 is 1.93 bits per heavy atom. The Balaban J connectivity index is 1.57. The maximum absolute atomic E-state index is 4.57. The van der Waals surface area contributed by atoms with Crippen molar-refractivity contribution in [3.8, 4) is 11.1 Å². The molecule has 0 saturated heterocycles. The van der Waals surface area contributed by atoms with Crippen molar-refractivity contribution in [1.29, 1.82) is 0 Å². The number of benzene rings is 2. The number of H-pyrrole nitrogens is 1. The number of hydrogen-bond acceptors (Lipinski definition) is 6. The van der Waals surface area contributed by atoms with Gasteiger partial charge in [0.15, 0.2) is 0 Å². The predicted molar refractivity (Wildman–Crippen MR) is 114 cm³/mol. The summed E-state index contributed by atoms with van der Waals surface area (Å²) in [7, 11) is 2.04. The van der Waals surface area contributed by atoms with Gasteiger partial charge in [-0.05, 0) is 42.3 Å². The summed E-state index contributed by atoms with van der Waals surface area (Å²) in [6, 6.07) is 12.6. The second-order valence-electron chi connectivity index (χ2n) is 6.82. The van der Waals surface area contributed by atoms with E-state index in [9.17, 15) is 0 Å². The molecule has 0 unspecified atom stereocenters. The Kier molecular flexibility index (Phi) is 4.02. The molecular weight excluding hydrogens is 368 g/mol. The number of rotatable bonds is 4. The average molecular weight is 386 g/mol. The van der Waals surface area contributed by atoms with Gasteiger partial charge in [0.25, 0.3) is 0 Å². The molecule has 3 aromatic heterocycles. The van der Waals surface area contributed by atoms with Crippen LogP contribution in [0.3, 0.4) is 0 Å². The molecule has 0 aliphatic carbocycles. The summed E-state index contributed by atoms with van der Waals surface area (Å²) in [6.07, 6.45) is 3.47. The number of anilines is 1. The topological polar surface area (TPSA) is 70.6 Å². The lowest BCUT2D eigenvalue weighted by atomic mass is 10.0. The van der Waals surface area contributed by atoms with Crippen LogP contribution >= 0.6 is 11.3 Å². The highest BCUT2D eigenvalue weighted by atomic mass is 32.1. The minimum atomic E-state index is 0.710. The Bertz CT molecular complexity index is 1290. The van der Waals surface area contributed by atoms with Crippen LogP contribution in [0.5, 0.6) is 0 Å². The molecular formula is C21H18N6S. The zero-order valence-corrected chi connectivity index (χ0v) is 16.4. The zero-order valence-electron chi connectivity index (χ0n) is 15.5.